The van der Waals surface area contributed by atoms with Crippen molar-refractivity contribution in [2.75, 3.05) is 26.3 Å². The lowest BCUT2D eigenvalue weighted by molar-refractivity contribution is 0.0758. The summed E-state index contributed by atoms with van der Waals surface area (Å²) in [5, 5.41) is 0. The van der Waals surface area contributed by atoms with Crippen molar-refractivity contribution in [3.8, 4) is 17.2 Å². The number of aryl methyl sites for hydroxylation is 1. The molecular formula is C18H20N2O6S. The fourth-order valence-electron chi connectivity index (χ4n) is 3.00. The van der Waals surface area contributed by atoms with Gasteiger partial charge in [0.25, 0.3) is 5.56 Å². The Morgan fingerprint density at radius 2 is 1.78 bits per heavy atom. The molecule has 0 unspecified atom stereocenters. The van der Waals surface area contributed by atoms with E-state index in [1.165, 1.54) is 27.1 Å². The van der Waals surface area contributed by atoms with E-state index in [0.717, 1.165) is 5.69 Å². The first-order chi connectivity index (χ1) is 12.8. The van der Waals surface area contributed by atoms with Gasteiger partial charge in [-0.05, 0) is 25.1 Å². The highest BCUT2D eigenvalue weighted by molar-refractivity contribution is 7.89. The van der Waals surface area contributed by atoms with Crippen molar-refractivity contribution in [1.29, 1.82) is 0 Å². The van der Waals surface area contributed by atoms with E-state index in [1.54, 1.807) is 19.2 Å². The first-order valence-corrected chi connectivity index (χ1v) is 10.0. The minimum atomic E-state index is -3.63. The third kappa shape index (κ3) is 3.28. The van der Waals surface area contributed by atoms with E-state index in [1.807, 2.05) is 6.92 Å². The van der Waals surface area contributed by atoms with Gasteiger partial charge >= 0.3 is 0 Å². The fraction of sp³-hybridized carbons (Fsp3) is 0.389. The highest BCUT2D eigenvalue weighted by Gasteiger charge is 2.38. The summed E-state index contributed by atoms with van der Waals surface area (Å²) >= 11 is 0. The van der Waals surface area contributed by atoms with Crippen molar-refractivity contribution in [1.82, 2.24) is 8.87 Å². The second-order valence-corrected chi connectivity index (χ2v) is 8.53. The van der Waals surface area contributed by atoms with Crippen molar-refractivity contribution in [3.63, 3.8) is 0 Å². The lowest BCUT2D eigenvalue weighted by atomic mass is 10.2. The fourth-order valence-corrected chi connectivity index (χ4v) is 4.52. The molecule has 0 aliphatic carbocycles. The highest BCUT2D eigenvalue weighted by Crippen LogP contribution is 2.34. The molecule has 0 amide bonds. The van der Waals surface area contributed by atoms with Crippen LogP contribution in [-0.4, -0.2) is 49.7 Å². The number of ether oxygens (including phenoxy) is 3. The predicted octanol–water partition coefficient (Wildman–Crippen LogP) is 0.917. The Hall–Kier alpha value is -2.52. The molecule has 1 fully saturated rings. The van der Waals surface area contributed by atoms with Gasteiger partial charge < -0.3 is 18.8 Å². The van der Waals surface area contributed by atoms with Crippen LogP contribution in [0.5, 0.6) is 17.2 Å². The number of hydrogen-bond donors (Lipinski definition) is 0. The number of hydrogen-bond acceptors (Lipinski definition) is 6. The van der Waals surface area contributed by atoms with Crippen LogP contribution in [0.1, 0.15) is 5.69 Å². The van der Waals surface area contributed by atoms with Gasteiger partial charge in [0, 0.05) is 24.9 Å². The van der Waals surface area contributed by atoms with E-state index in [0.29, 0.717) is 30.5 Å². The van der Waals surface area contributed by atoms with E-state index in [2.05, 4.69) is 0 Å². The number of pyridine rings is 1. The maximum absolute atomic E-state index is 12.8. The summed E-state index contributed by atoms with van der Waals surface area (Å²) in [5.41, 5.74) is 0.614. The zero-order valence-corrected chi connectivity index (χ0v) is 15.9. The second-order valence-electron chi connectivity index (χ2n) is 6.60. The molecule has 1 aromatic carbocycles. The molecule has 144 valence electrons. The molecule has 1 saturated heterocycles. The summed E-state index contributed by atoms with van der Waals surface area (Å²) in [5.74, 6) is 1.44. The molecule has 0 radical (unpaired) electrons. The summed E-state index contributed by atoms with van der Waals surface area (Å²) in [6, 6.07) is 7.78. The number of fused-ring (bicyclic) bond motifs is 1. The molecule has 3 heterocycles. The average Bonchev–Trinajstić information content (AvgIpc) is 2.61. The van der Waals surface area contributed by atoms with Crippen molar-refractivity contribution in [2.24, 2.45) is 7.05 Å². The third-order valence-electron chi connectivity index (χ3n) is 4.75. The monoisotopic (exact) mass is 392 g/mol. The number of rotatable bonds is 4. The summed E-state index contributed by atoms with van der Waals surface area (Å²) in [6.07, 6.45) is -0.288. The van der Waals surface area contributed by atoms with Gasteiger partial charge in [-0.15, -0.1) is 0 Å². The summed E-state index contributed by atoms with van der Waals surface area (Å²) in [4.78, 5) is 12.0. The van der Waals surface area contributed by atoms with Crippen LogP contribution >= 0.6 is 0 Å². The smallest absolute Gasteiger partial charge is 0.254 e. The van der Waals surface area contributed by atoms with Gasteiger partial charge in [0.1, 0.15) is 25.1 Å². The molecule has 2 aliphatic heterocycles. The first kappa shape index (κ1) is 17.9. The zero-order chi connectivity index (χ0) is 19.2. The van der Waals surface area contributed by atoms with Crippen molar-refractivity contribution in [3.05, 3.63) is 46.4 Å². The second kappa shape index (κ2) is 6.58. The molecule has 0 saturated carbocycles. The molecule has 2 aliphatic rings. The third-order valence-corrected chi connectivity index (χ3v) is 6.57. The van der Waals surface area contributed by atoms with Crippen molar-refractivity contribution >= 4 is 10.0 Å². The maximum Gasteiger partial charge on any atom is 0.254 e. The number of benzene rings is 1. The topological polar surface area (TPSA) is 87.1 Å². The van der Waals surface area contributed by atoms with Gasteiger partial charge in [-0.3, -0.25) is 4.79 Å². The zero-order valence-electron chi connectivity index (χ0n) is 15.0. The van der Waals surface area contributed by atoms with Crippen LogP contribution in [0, 0.1) is 6.92 Å². The summed E-state index contributed by atoms with van der Waals surface area (Å²) < 4.78 is 45.0. The van der Waals surface area contributed by atoms with E-state index in [-0.39, 0.29) is 29.6 Å². The van der Waals surface area contributed by atoms with Crippen LogP contribution in [0.25, 0.3) is 0 Å². The van der Waals surface area contributed by atoms with Crippen LogP contribution in [0.2, 0.25) is 0 Å². The Bertz CT molecular complexity index is 1040. The van der Waals surface area contributed by atoms with Gasteiger partial charge in [0.2, 0.25) is 10.0 Å². The Kier molecular flexibility index (Phi) is 4.35. The molecule has 4 rings (SSSR count). The normalized spacial score (nSPS) is 17.4. The largest absolute Gasteiger partial charge is 0.487 e. The van der Waals surface area contributed by atoms with Crippen LogP contribution in [0.4, 0.5) is 0 Å². The lowest BCUT2D eigenvalue weighted by Gasteiger charge is -2.37. The number of nitrogens with zero attached hydrogens (tertiary/aromatic N) is 2. The molecule has 0 bridgehead atoms. The van der Waals surface area contributed by atoms with Crippen LogP contribution in [-0.2, 0) is 17.1 Å². The minimum absolute atomic E-state index is 0.162. The first-order valence-electron chi connectivity index (χ1n) is 8.59. The predicted molar refractivity (Wildman–Crippen MR) is 97.0 cm³/mol. The van der Waals surface area contributed by atoms with E-state index < -0.39 is 10.0 Å². The van der Waals surface area contributed by atoms with Gasteiger partial charge in [-0.1, -0.05) is 0 Å². The molecule has 9 heteroatoms. The minimum Gasteiger partial charge on any atom is -0.487 e. The SMILES string of the molecule is Cc1cc(OC2CN(S(=O)(=O)c3ccc4c(c3)OCCO4)C2)cc(=O)n1C. The van der Waals surface area contributed by atoms with Crippen molar-refractivity contribution < 1.29 is 22.6 Å². The van der Waals surface area contributed by atoms with Gasteiger partial charge in [-0.2, -0.15) is 4.31 Å². The van der Waals surface area contributed by atoms with Gasteiger partial charge in [0.05, 0.1) is 18.0 Å². The van der Waals surface area contributed by atoms with Gasteiger partial charge in [-0.25, -0.2) is 8.42 Å². The standard InChI is InChI=1S/C18H20N2O6S/c1-12-7-13(8-18(21)19(12)2)26-14-10-20(11-14)27(22,23)15-3-4-16-17(9-15)25-6-5-24-16/h3-4,7-9,14H,5-6,10-11H2,1-2H3. The average molecular weight is 392 g/mol. The van der Waals surface area contributed by atoms with E-state index in [4.69, 9.17) is 14.2 Å². The molecule has 2 aromatic rings. The molecular weight excluding hydrogens is 372 g/mol. The molecule has 0 spiro atoms. The van der Waals surface area contributed by atoms with Crippen molar-refractivity contribution in [2.45, 2.75) is 17.9 Å². The highest BCUT2D eigenvalue weighted by atomic mass is 32.2. The molecule has 0 N–H and O–H groups in total. The number of aromatic nitrogens is 1. The lowest BCUT2D eigenvalue weighted by Crippen LogP contribution is -2.56. The van der Waals surface area contributed by atoms with Crippen LogP contribution in [0.15, 0.2) is 40.0 Å². The Morgan fingerprint density at radius 3 is 2.48 bits per heavy atom. The Balaban J connectivity index is 1.45. The van der Waals surface area contributed by atoms with E-state index >= 15 is 0 Å². The molecule has 27 heavy (non-hydrogen) atoms. The van der Waals surface area contributed by atoms with Crippen LogP contribution < -0.4 is 19.8 Å². The quantitative estimate of drug-likeness (QED) is 0.769. The maximum atomic E-state index is 12.8. The summed E-state index contributed by atoms with van der Waals surface area (Å²) in [6.45, 7) is 3.11. The van der Waals surface area contributed by atoms with Gasteiger partial charge in [0.15, 0.2) is 11.5 Å². The molecule has 1 aromatic heterocycles. The van der Waals surface area contributed by atoms with Crippen LogP contribution in [0.3, 0.4) is 0 Å². The Labute approximate surface area is 156 Å². The summed E-state index contributed by atoms with van der Waals surface area (Å²) in [7, 11) is -1.95. The Morgan fingerprint density at radius 1 is 1.07 bits per heavy atom. The van der Waals surface area contributed by atoms with E-state index in [9.17, 15) is 13.2 Å². The number of sulfonamides is 1. The molecule has 0 atom stereocenters. The molecule has 8 nitrogen and oxygen atoms in total.